The van der Waals surface area contributed by atoms with Crippen molar-refractivity contribution in [2.45, 2.75) is 0 Å². The van der Waals surface area contributed by atoms with Gasteiger partial charge in [0.1, 0.15) is 5.69 Å². The zero-order valence-electron chi connectivity index (χ0n) is 8.94. The van der Waals surface area contributed by atoms with Crippen LogP contribution in [0.5, 0.6) is 0 Å². The van der Waals surface area contributed by atoms with Gasteiger partial charge in [0, 0.05) is 9.86 Å². The number of nitrogens with zero attached hydrogens (tertiary/aromatic N) is 1. The number of esters is 1. The van der Waals surface area contributed by atoms with E-state index in [2.05, 4.69) is 25.7 Å². The van der Waals surface area contributed by atoms with Gasteiger partial charge in [0.05, 0.1) is 18.2 Å². The van der Waals surface area contributed by atoms with Crippen LogP contribution in [0.4, 0.5) is 0 Å². The van der Waals surface area contributed by atoms with E-state index >= 15 is 0 Å². The van der Waals surface area contributed by atoms with Crippen molar-refractivity contribution in [3.63, 3.8) is 0 Å². The minimum atomic E-state index is -0.487. The lowest BCUT2D eigenvalue weighted by molar-refractivity contribution is 0.0603. The summed E-state index contributed by atoms with van der Waals surface area (Å²) in [7, 11) is 1.30. The van der Waals surface area contributed by atoms with Gasteiger partial charge in [-0.1, -0.05) is 15.9 Å². The predicted octanol–water partition coefficient (Wildman–Crippen LogP) is 2.60. The smallest absolute Gasteiger partial charge is 0.338 e. The van der Waals surface area contributed by atoms with Crippen LogP contribution in [-0.4, -0.2) is 24.3 Å². The van der Waals surface area contributed by atoms with Crippen LogP contribution in [0.2, 0.25) is 0 Å². The molecule has 0 N–H and O–H groups in total. The zero-order valence-corrected chi connectivity index (χ0v) is 10.5. The van der Waals surface area contributed by atoms with Gasteiger partial charge in [0.25, 0.3) is 0 Å². The fourth-order valence-electron chi connectivity index (χ4n) is 1.56. The van der Waals surface area contributed by atoms with Crippen LogP contribution in [-0.2, 0) is 4.74 Å². The predicted molar refractivity (Wildman–Crippen MR) is 66.2 cm³/mol. The van der Waals surface area contributed by atoms with Crippen molar-refractivity contribution in [3.8, 4) is 0 Å². The lowest BCUT2D eigenvalue weighted by Crippen LogP contribution is -2.04. The highest BCUT2D eigenvalue weighted by Gasteiger charge is 2.13. The first kappa shape index (κ1) is 11.7. The standard InChI is InChI=1S/C12H8BrNO3/c1-17-12(16)10-5-8(6-15)14-11-3-2-7(13)4-9(10)11/h2-6H,1H3. The molecule has 2 rings (SSSR count). The number of aromatic nitrogens is 1. The number of fused-ring (bicyclic) bond motifs is 1. The van der Waals surface area contributed by atoms with E-state index in [4.69, 9.17) is 0 Å². The summed E-state index contributed by atoms with van der Waals surface area (Å²) in [6.45, 7) is 0. The first-order valence-corrected chi connectivity index (χ1v) is 5.59. The van der Waals surface area contributed by atoms with Gasteiger partial charge >= 0.3 is 5.97 Å². The van der Waals surface area contributed by atoms with Gasteiger partial charge in [-0.15, -0.1) is 0 Å². The SMILES string of the molecule is COC(=O)c1cc(C=O)nc2ccc(Br)cc12. The normalized spacial score (nSPS) is 10.2. The van der Waals surface area contributed by atoms with Gasteiger partial charge in [-0.2, -0.15) is 0 Å². The maximum absolute atomic E-state index is 11.6. The van der Waals surface area contributed by atoms with E-state index in [-0.39, 0.29) is 5.69 Å². The second-order valence-electron chi connectivity index (χ2n) is 3.37. The average molecular weight is 294 g/mol. The molecule has 0 unspecified atom stereocenters. The monoisotopic (exact) mass is 293 g/mol. The summed E-state index contributed by atoms with van der Waals surface area (Å²) in [4.78, 5) is 26.5. The van der Waals surface area contributed by atoms with Crippen LogP contribution < -0.4 is 0 Å². The summed E-state index contributed by atoms with van der Waals surface area (Å²) in [6.07, 6.45) is 0.605. The Balaban J connectivity index is 2.81. The fourth-order valence-corrected chi connectivity index (χ4v) is 1.92. The fraction of sp³-hybridized carbons (Fsp3) is 0.0833. The zero-order chi connectivity index (χ0) is 12.4. The molecular weight excluding hydrogens is 286 g/mol. The van der Waals surface area contributed by atoms with Crippen molar-refractivity contribution in [1.82, 2.24) is 4.98 Å². The number of aldehydes is 1. The van der Waals surface area contributed by atoms with E-state index in [1.54, 1.807) is 18.2 Å². The molecule has 0 aliphatic carbocycles. The highest BCUT2D eigenvalue weighted by Crippen LogP contribution is 2.23. The van der Waals surface area contributed by atoms with Gasteiger partial charge in [0.2, 0.25) is 0 Å². The van der Waals surface area contributed by atoms with Gasteiger partial charge in [0.15, 0.2) is 6.29 Å². The summed E-state index contributed by atoms with van der Waals surface area (Å²) in [5, 5.41) is 0.650. The van der Waals surface area contributed by atoms with E-state index in [1.165, 1.54) is 13.2 Å². The largest absolute Gasteiger partial charge is 0.465 e. The Morgan fingerprint density at radius 1 is 1.41 bits per heavy atom. The first-order valence-electron chi connectivity index (χ1n) is 4.79. The number of halogens is 1. The number of carbonyl (C=O) groups is 2. The van der Waals surface area contributed by atoms with Crippen molar-refractivity contribution in [3.05, 3.63) is 40.0 Å². The number of benzene rings is 1. The van der Waals surface area contributed by atoms with Crippen LogP contribution in [0, 0.1) is 0 Å². The summed E-state index contributed by atoms with van der Waals surface area (Å²) in [6, 6.07) is 6.72. The Labute approximate surface area is 106 Å². The van der Waals surface area contributed by atoms with Crippen molar-refractivity contribution >= 4 is 39.1 Å². The molecule has 86 valence electrons. The van der Waals surface area contributed by atoms with Gasteiger partial charge in [-0.05, 0) is 24.3 Å². The molecular formula is C12H8BrNO3. The molecule has 0 atom stereocenters. The molecule has 1 aromatic carbocycles. The van der Waals surface area contributed by atoms with Crippen molar-refractivity contribution in [2.75, 3.05) is 7.11 Å². The van der Waals surface area contributed by atoms with Crippen LogP contribution in [0.1, 0.15) is 20.8 Å². The molecule has 0 spiro atoms. The van der Waals surface area contributed by atoms with Crippen molar-refractivity contribution in [2.24, 2.45) is 0 Å². The Morgan fingerprint density at radius 2 is 2.18 bits per heavy atom. The summed E-state index contributed by atoms with van der Waals surface area (Å²) in [5.41, 5.74) is 1.12. The van der Waals surface area contributed by atoms with Gasteiger partial charge in [-0.3, -0.25) is 4.79 Å². The van der Waals surface area contributed by atoms with Gasteiger partial charge < -0.3 is 4.74 Å². The highest BCUT2D eigenvalue weighted by molar-refractivity contribution is 9.10. The average Bonchev–Trinajstić information content (AvgIpc) is 2.36. The number of carbonyl (C=O) groups excluding carboxylic acids is 2. The molecule has 1 heterocycles. The van der Waals surface area contributed by atoms with Crippen LogP contribution in [0.25, 0.3) is 10.9 Å². The lowest BCUT2D eigenvalue weighted by Gasteiger charge is -2.05. The maximum Gasteiger partial charge on any atom is 0.338 e. The molecule has 4 nitrogen and oxygen atoms in total. The van der Waals surface area contributed by atoms with E-state index < -0.39 is 5.97 Å². The molecule has 17 heavy (non-hydrogen) atoms. The number of ether oxygens (including phenoxy) is 1. The topological polar surface area (TPSA) is 56.3 Å². The summed E-state index contributed by atoms with van der Waals surface area (Å²) < 4.78 is 5.52. The molecule has 1 aromatic heterocycles. The second-order valence-corrected chi connectivity index (χ2v) is 4.28. The molecule has 0 saturated heterocycles. The number of pyridine rings is 1. The first-order chi connectivity index (χ1) is 8.15. The Hall–Kier alpha value is -1.75. The number of methoxy groups -OCH3 is 1. The number of rotatable bonds is 2. The molecule has 0 fully saturated rings. The summed E-state index contributed by atoms with van der Waals surface area (Å²) in [5.74, 6) is -0.487. The maximum atomic E-state index is 11.6. The van der Waals surface area contributed by atoms with Crippen LogP contribution in [0.3, 0.4) is 0 Å². The molecule has 0 radical (unpaired) electrons. The van der Waals surface area contributed by atoms with Crippen molar-refractivity contribution in [1.29, 1.82) is 0 Å². The number of hydrogen-bond donors (Lipinski definition) is 0. The summed E-state index contributed by atoms with van der Waals surface area (Å²) >= 11 is 3.32. The van der Waals surface area contributed by atoms with Crippen molar-refractivity contribution < 1.29 is 14.3 Å². The minimum Gasteiger partial charge on any atom is -0.465 e. The molecule has 5 heteroatoms. The van der Waals surface area contributed by atoms with Crippen LogP contribution in [0.15, 0.2) is 28.7 Å². The molecule has 0 aliphatic rings. The van der Waals surface area contributed by atoms with E-state index in [9.17, 15) is 9.59 Å². The Bertz CT molecular complexity index is 610. The molecule has 0 saturated carbocycles. The molecule has 0 amide bonds. The third-order valence-electron chi connectivity index (χ3n) is 2.32. The Kier molecular flexibility index (Phi) is 3.19. The van der Waals surface area contributed by atoms with E-state index in [0.29, 0.717) is 22.8 Å². The Morgan fingerprint density at radius 3 is 2.82 bits per heavy atom. The third-order valence-corrected chi connectivity index (χ3v) is 2.81. The van der Waals surface area contributed by atoms with E-state index in [1.807, 2.05) is 0 Å². The molecule has 2 aromatic rings. The second kappa shape index (κ2) is 4.63. The van der Waals surface area contributed by atoms with Crippen LogP contribution >= 0.6 is 15.9 Å². The third kappa shape index (κ3) is 2.19. The van der Waals surface area contributed by atoms with Gasteiger partial charge in [-0.25, -0.2) is 9.78 Å². The molecule has 0 bridgehead atoms. The van der Waals surface area contributed by atoms with E-state index in [0.717, 1.165) is 4.47 Å². The quantitative estimate of drug-likeness (QED) is 0.631. The number of hydrogen-bond acceptors (Lipinski definition) is 4. The highest BCUT2D eigenvalue weighted by atomic mass is 79.9. The minimum absolute atomic E-state index is 0.209. The lowest BCUT2D eigenvalue weighted by atomic mass is 10.1. The molecule has 0 aliphatic heterocycles.